The van der Waals surface area contributed by atoms with E-state index in [0.29, 0.717) is 18.7 Å². The summed E-state index contributed by atoms with van der Waals surface area (Å²) < 4.78 is 9.13. The van der Waals surface area contributed by atoms with Gasteiger partial charge in [-0.05, 0) is 30.7 Å². The number of nitrogens with one attached hydrogen (secondary N) is 1. The minimum atomic E-state index is -0.470. The molecule has 0 aromatic carbocycles. The number of hydrogen-bond acceptors (Lipinski definition) is 7. The molecular weight excluding hydrogens is 410 g/mol. The van der Waals surface area contributed by atoms with Crippen molar-refractivity contribution in [2.75, 3.05) is 6.54 Å². The van der Waals surface area contributed by atoms with E-state index in [9.17, 15) is 4.79 Å². The van der Waals surface area contributed by atoms with Gasteiger partial charge in [0.15, 0.2) is 0 Å². The van der Waals surface area contributed by atoms with Crippen molar-refractivity contribution >= 4 is 11.4 Å². The van der Waals surface area contributed by atoms with Crippen LogP contribution in [-0.2, 0) is 13.5 Å². The third-order valence-electron chi connectivity index (χ3n) is 5.63. The van der Waals surface area contributed by atoms with E-state index < -0.39 is 6.04 Å². The first kappa shape index (κ1) is 18.5. The fourth-order valence-corrected chi connectivity index (χ4v) is 4.10. The molecule has 0 bridgehead atoms. The molecule has 6 rings (SSSR count). The maximum absolute atomic E-state index is 13.5. The molecule has 0 saturated heterocycles. The molecular formula is C21H19N9O2. The first-order valence-electron chi connectivity index (χ1n) is 10.2. The molecule has 1 amide bonds. The van der Waals surface area contributed by atoms with Crippen LogP contribution in [-0.4, -0.2) is 56.9 Å². The SMILES string of the molecule is Cc1ccc2cc([C@H]3c4nc[nH]c4CCN3C(=O)c3nnc(-c4ccn(C)n4)o3)nn2c1. The number of carbonyl (C=O) groups is 1. The van der Waals surface area contributed by atoms with Gasteiger partial charge in [-0.1, -0.05) is 6.07 Å². The molecule has 0 saturated carbocycles. The lowest BCUT2D eigenvalue weighted by Gasteiger charge is -2.32. The van der Waals surface area contributed by atoms with E-state index in [-0.39, 0.29) is 17.7 Å². The summed E-state index contributed by atoms with van der Waals surface area (Å²) >= 11 is 0. The molecule has 6 heterocycles. The van der Waals surface area contributed by atoms with Crippen molar-refractivity contribution in [3.05, 3.63) is 71.5 Å². The third-order valence-corrected chi connectivity index (χ3v) is 5.63. The zero-order valence-corrected chi connectivity index (χ0v) is 17.4. The number of imidazole rings is 1. The number of aryl methyl sites for hydroxylation is 2. The normalized spacial score (nSPS) is 15.9. The quantitative estimate of drug-likeness (QED) is 0.465. The summed E-state index contributed by atoms with van der Waals surface area (Å²) in [6, 6.07) is 7.29. The maximum Gasteiger partial charge on any atom is 0.312 e. The number of carbonyl (C=O) groups excluding carboxylic acids is 1. The predicted octanol–water partition coefficient (Wildman–Crippen LogP) is 1.94. The molecule has 11 nitrogen and oxygen atoms in total. The molecule has 1 aliphatic rings. The summed E-state index contributed by atoms with van der Waals surface area (Å²) in [4.78, 5) is 22.8. The topological polar surface area (TPSA) is 123 Å². The molecule has 0 unspecified atom stereocenters. The summed E-state index contributed by atoms with van der Waals surface area (Å²) in [5.41, 5.74) is 5.04. The van der Waals surface area contributed by atoms with Gasteiger partial charge >= 0.3 is 11.8 Å². The number of amides is 1. The Kier molecular flexibility index (Phi) is 3.97. The molecule has 5 aromatic heterocycles. The highest BCUT2D eigenvalue weighted by molar-refractivity contribution is 5.90. The van der Waals surface area contributed by atoms with E-state index in [2.05, 4.69) is 25.3 Å². The molecule has 0 fully saturated rings. The van der Waals surface area contributed by atoms with Crippen LogP contribution in [0.5, 0.6) is 0 Å². The van der Waals surface area contributed by atoms with Crippen molar-refractivity contribution in [3.63, 3.8) is 0 Å². The predicted molar refractivity (Wildman–Crippen MR) is 112 cm³/mol. The molecule has 0 radical (unpaired) electrons. The van der Waals surface area contributed by atoms with Gasteiger partial charge in [-0.3, -0.25) is 9.48 Å². The van der Waals surface area contributed by atoms with Crippen molar-refractivity contribution in [1.82, 2.24) is 44.5 Å². The van der Waals surface area contributed by atoms with Crippen LogP contribution in [0.15, 0.2) is 47.4 Å². The van der Waals surface area contributed by atoms with Crippen LogP contribution in [0, 0.1) is 6.92 Å². The fraction of sp³-hybridized carbons (Fsp3) is 0.238. The summed E-state index contributed by atoms with van der Waals surface area (Å²) in [5, 5.41) is 17.0. The van der Waals surface area contributed by atoms with Crippen molar-refractivity contribution in [2.45, 2.75) is 19.4 Å². The Morgan fingerprint density at radius 1 is 1.22 bits per heavy atom. The van der Waals surface area contributed by atoms with Gasteiger partial charge in [0.1, 0.15) is 11.7 Å². The number of H-pyrrole nitrogens is 1. The molecule has 32 heavy (non-hydrogen) atoms. The highest BCUT2D eigenvalue weighted by Gasteiger charge is 2.38. The second kappa shape index (κ2) is 6.87. The third kappa shape index (κ3) is 2.89. The average molecular weight is 429 g/mol. The standard InChI is InChI=1S/C21H19N9O2/c1-12-3-4-13-9-16(27-30(13)10-12)18-17-14(22-11-23-17)6-8-29(18)21(31)20-25-24-19(32-20)15-5-7-28(2)26-15/h3-5,7,9-11,18H,6,8H2,1-2H3,(H,22,23)/t18-/m0/s1. The Labute approximate surface area is 181 Å². The van der Waals surface area contributed by atoms with Gasteiger partial charge in [0.25, 0.3) is 5.89 Å². The van der Waals surface area contributed by atoms with Crippen LogP contribution in [0.1, 0.15) is 39.4 Å². The highest BCUT2D eigenvalue weighted by Crippen LogP contribution is 2.34. The van der Waals surface area contributed by atoms with Crippen molar-refractivity contribution < 1.29 is 9.21 Å². The molecule has 1 N–H and O–H groups in total. The molecule has 1 aliphatic heterocycles. The Morgan fingerprint density at radius 3 is 2.97 bits per heavy atom. The number of aromatic nitrogens is 8. The second-order valence-electron chi connectivity index (χ2n) is 7.85. The van der Waals surface area contributed by atoms with Gasteiger partial charge in [-0.15, -0.1) is 10.2 Å². The van der Waals surface area contributed by atoms with E-state index in [0.717, 1.165) is 28.2 Å². The van der Waals surface area contributed by atoms with Crippen molar-refractivity contribution in [2.24, 2.45) is 7.05 Å². The highest BCUT2D eigenvalue weighted by atomic mass is 16.4. The van der Waals surface area contributed by atoms with Gasteiger partial charge in [-0.25, -0.2) is 9.50 Å². The van der Waals surface area contributed by atoms with Crippen LogP contribution in [0.4, 0.5) is 0 Å². The minimum Gasteiger partial charge on any atom is -0.411 e. The van der Waals surface area contributed by atoms with Gasteiger partial charge in [0, 0.05) is 38.1 Å². The number of rotatable bonds is 3. The lowest BCUT2D eigenvalue weighted by Crippen LogP contribution is -2.41. The molecule has 5 aromatic rings. The van der Waals surface area contributed by atoms with E-state index in [4.69, 9.17) is 9.52 Å². The summed E-state index contributed by atoms with van der Waals surface area (Å²) in [5.74, 6) is -0.257. The van der Waals surface area contributed by atoms with E-state index in [1.807, 2.05) is 35.8 Å². The van der Waals surface area contributed by atoms with E-state index in [1.54, 1.807) is 35.2 Å². The van der Waals surface area contributed by atoms with Gasteiger partial charge in [0.2, 0.25) is 0 Å². The molecule has 0 spiro atoms. The Hall–Kier alpha value is -4.28. The molecule has 1 atom stereocenters. The zero-order valence-electron chi connectivity index (χ0n) is 17.4. The first-order chi connectivity index (χ1) is 15.6. The summed E-state index contributed by atoms with van der Waals surface area (Å²) in [6.45, 7) is 2.48. The number of nitrogens with zero attached hydrogens (tertiary/aromatic N) is 8. The summed E-state index contributed by atoms with van der Waals surface area (Å²) in [7, 11) is 1.79. The molecule has 0 aliphatic carbocycles. The van der Waals surface area contributed by atoms with Gasteiger partial charge in [-0.2, -0.15) is 10.2 Å². The lowest BCUT2D eigenvalue weighted by molar-refractivity contribution is 0.0646. The summed E-state index contributed by atoms with van der Waals surface area (Å²) in [6.07, 6.45) is 6.02. The van der Waals surface area contributed by atoms with Crippen LogP contribution in [0.2, 0.25) is 0 Å². The van der Waals surface area contributed by atoms with Crippen molar-refractivity contribution in [3.8, 4) is 11.6 Å². The second-order valence-corrected chi connectivity index (χ2v) is 7.85. The number of hydrogen-bond donors (Lipinski definition) is 1. The zero-order chi connectivity index (χ0) is 21.8. The minimum absolute atomic E-state index is 0.0887. The maximum atomic E-state index is 13.5. The van der Waals surface area contributed by atoms with E-state index >= 15 is 0 Å². The smallest absolute Gasteiger partial charge is 0.312 e. The van der Waals surface area contributed by atoms with Crippen LogP contribution in [0.3, 0.4) is 0 Å². The lowest BCUT2D eigenvalue weighted by atomic mass is 9.99. The Bertz CT molecular complexity index is 1460. The fourth-order valence-electron chi connectivity index (χ4n) is 4.10. The first-order valence-corrected chi connectivity index (χ1v) is 10.2. The van der Waals surface area contributed by atoms with Gasteiger partial charge in [0.05, 0.1) is 23.2 Å². The molecule has 11 heteroatoms. The van der Waals surface area contributed by atoms with Crippen LogP contribution < -0.4 is 0 Å². The van der Waals surface area contributed by atoms with Crippen molar-refractivity contribution in [1.29, 1.82) is 0 Å². The van der Waals surface area contributed by atoms with E-state index in [1.165, 1.54) is 0 Å². The van der Waals surface area contributed by atoms with Crippen LogP contribution in [0.25, 0.3) is 17.1 Å². The number of fused-ring (bicyclic) bond motifs is 2. The number of aromatic amines is 1. The Balaban J connectivity index is 1.40. The largest absolute Gasteiger partial charge is 0.411 e. The monoisotopic (exact) mass is 429 g/mol. The number of pyridine rings is 1. The van der Waals surface area contributed by atoms with Gasteiger partial charge < -0.3 is 14.3 Å². The average Bonchev–Trinajstić information content (AvgIpc) is 3.57. The Morgan fingerprint density at radius 2 is 2.12 bits per heavy atom. The van der Waals surface area contributed by atoms with Crippen LogP contribution >= 0.6 is 0 Å². The molecule has 160 valence electrons.